The second-order valence-electron chi connectivity index (χ2n) is 3.83. The number of benzene rings is 1. The summed E-state index contributed by atoms with van der Waals surface area (Å²) in [7, 11) is 0. The maximum atomic E-state index is 12.4. The highest BCUT2D eigenvalue weighted by Crippen LogP contribution is 2.29. The highest BCUT2D eigenvalue weighted by Gasteiger charge is 2.30. The number of halogens is 3. The van der Waals surface area contributed by atoms with Gasteiger partial charge in [-0.25, -0.2) is 4.79 Å². The number of nitrogens with one attached hydrogen (secondary N) is 1. The van der Waals surface area contributed by atoms with E-state index in [9.17, 15) is 22.8 Å². The Morgan fingerprint density at radius 1 is 1.15 bits per heavy atom. The Morgan fingerprint density at radius 3 is 2.25 bits per heavy atom. The van der Waals surface area contributed by atoms with E-state index >= 15 is 0 Å². The molecule has 5 nitrogen and oxygen atoms in total. The van der Waals surface area contributed by atoms with Crippen molar-refractivity contribution in [1.82, 2.24) is 9.55 Å². The lowest BCUT2D eigenvalue weighted by Crippen LogP contribution is -2.30. The third kappa shape index (κ3) is 2.47. The van der Waals surface area contributed by atoms with Crippen LogP contribution in [0.2, 0.25) is 0 Å². The van der Waals surface area contributed by atoms with Crippen LogP contribution in [0.4, 0.5) is 13.2 Å². The number of nitrogens with zero attached hydrogens (tertiary/aromatic N) is 2. The lowest BCUT2D eigenvalue weighted by Gasteiger charge is -2.09. The fourth-order valence-electron chi connectivity index (χ4n) is 1.55. The SMILES string of the molecule is N#Cc1cn(-c2ccc(C(F)(F)F)cc2)c(=O)[nH]c1=O. The highest BCUT2D eigenvalue weighted by molar-refractivity contribution is 5.37. The number of rotatable bonds is 1. The van der Waals surface area contributed by atoms with Crippen molar-refractivity contribution in [3.63, 3.8) is 0 Å². The van der Waals surface area contributed by atoms with E-state index in [1.165, 1.54) is 0 Å². The van der Waals surface area contributed by atoms with Gasteiger partial charge in [-0.15, -0.1) is 0 Å². The van der Waals surface area contributed by atoms with E-state index in [1.54, 1.807) is 6.07 Å². The van der Waals surface area contributed by atoms with E-state index in [2.05, 4.69) is 0 Å². The average Bonchev–Trinajstić information content (AvgIpc) is 2.38. The van der Waals surface area contributed by atoms with Gasteiger partial charge >= 0.3 is 11.9 Å². The van der Waals surface area contributed by atoms with Crippen molar-refractivity contribution in [3.8, 4) is 11.8 Å². The van der Waals surface area contributed by atoms with E-state index in [4.69, 9.17) is 5.26 Å². The minimum Gasteiger partial charge on any atom is -0.273 e. The zero-order chi connectivity index (χ0) is 14.9. The summed E-state index contributed by atoms with van der Waals surface area (Å²) in [6.45, 7) is 0. The van der Waals surface area contributed by atoms with Crippen LogP contribution in [0, 0.1) is 11.3 Å². The normalized spacial score (nSPS) is 11.1. The van der Waals surface area contributed by atoms with Gasteiger partial charge in [0.1, 0.15) is 11.6 Å². The molecule has 0 fully saturated rings. The first kappa shape index (κ1) is 13.6. The van der Waals surface area contributed by atoms with Crippen LogP contribution < -0.4 is 11.2 Å². The first-order chi connectivity index (χ1) is 9.32. The fraction of sp³-hybridized carbons (Fsp3) is 0.0833. The summed E-state index contributed by atoms with van der Waals surface area (Å²) < 4.78 is 38.1. The molecule has 0 saturated carbocycles. The molecule has 102 valence electrons. The topological polar surface area (TPSA) is 78.7 Å². The van der Waals surface area contributed by atoms with Crippen molar-refractivity contribution in [2.45, 2.75) is 6.18 Å². The molecule has 0 unspecified atom stereocenters. The summed E-state index contributed by atoms with van der Waals surface area (Å²) in [5, 5.41) is 8.70. The van der Waals surface area contributed by atoms with Crippen LogP contribution >= 0.6 is 0 Å². The van der Waals surface area contributed by atoms with Crippen LogP contribution in [0.3, 0.4) is 0 Å². The average molecular weight is 281 g/mol. The second kappa shape index (κ2) is 4.70. The summed E-state index contributed by atoms with van der Waals surface area (Å²) in [5.41, 5.74) is -2.76. The summed E-state index contributed by atoms with van der Waals surface area (Å²) in [6.07, 6.45) is -3.50. The molecule has 1 N–H and O–H groups in total. The second-order valence-corrected chi connectivity index (χ2v) is 3.83. The van der Waals surface area contributed by atoms with Gasteiger partial charge in [-0.3, -0.25) is 14.3 Å². The molecule has 0 saturated heterocycles. The van der Waals surface area contributed by atoms with Gasteiger partial charge in [-0.2, -0.15) is 18.4 Å². The van der Waals surface area contributed by atoms with Gasteiger partial charge in [0.05, 0.1) is 11.3 Å². The minimum absolute atomic E-state index is 0.107. The van der Waals surface area contributed by atoms with Gasteiger partial charge in [0, 0.05) is 6.20 Å². The van der Waals surface area contributed by atoms with Gasteiger partial charge in [0.25, 0.3) is 5.56 Å². The number of H-pyrrole nitrogens is 1. The summed E-state index contributed by atoms with van der Waals surface area (Å²) in [5.74, 6) is 0. The Balaban J connectivity index is 2.56. The summed E-state index contributed by atoms with van der Waals surface area (Å²) >= 11 is 0. The summed E-state index contributed by atoms with van der Waals surface area (Å²) in [4.78, 5) is 24.7. The Bertz CT molecular complexity index is 795. The number of nitriles is 1. The molecular weight excluding hydrogens is 275 g/mol. The van der Waals surface area contributed by atoms with E-state index < -0.39 is 23.0 Å². The van der Waals surface area contributed by atoms with Crippen molar-refractivity contribution in [2.24, 2.45) is 0 Å². The Labute approximate surface area is 109 Å². The molecule has 0 atom stereocenters. The zero-order valence-electron chi connectivity index (χ0n) is 9.73. The van der Waals surface area contributed by atoms with Gasteiger partial charge < -0.3 is 0 Å². The predicted molar refractivity (Wildman–Crippen MR) is 62.4 cm³/mol. The summed E-state index contributed by atoms with van der Waals surface area (Å²) in [6, 6.07) is 5.34. The van der Waals surface area contributed by atoms with Crippen LogP contribution in [-0.2, 0) is 6.18 Å². The van der Waals surface area contributed by atoms with Crippen LogP contribution in [-0.4, -0.2) is 9.55 Å². The van der Waals surface area contributed by atoms with E-state index in [-0.39, 0.29) is 11.3 Å². The molecule has 0 radical (unpaired) electrons. The standard InChI is InChI=1S/C12H6F3N3O2/c13-12(14,15)8-1-3-9(4-2-8)18-6-7(5-16)10(19)17-11(18)20/h1-4,6H,(H,17,19,20). The third-order valence-electron chi connectivity index (χ3n) is 2.54. The molecule has 2 aromatic rings. The molecule has 8 heteroatoms. The number of hydrogen-bond donors (Lipinski definition) is 1. The van der Waals surface area contributed by atoms with E-state index in [1.807, 2.05) is 4.98 Å². The van der Waals surface area contributed by atoms with Crippen LogP contribution in [0.15, 0.2) is 40.1 Å². The van der Waals surface area contributed by atoms with Crippen LogP contribution in [0.5, 0.6) is 0 Å². The van der Waals surface area contributed by atoms with Crippen molar-refractivity contribution < 1.29 is 13.2 Å². The highest BCUT2D eigenvalue weighted by atomic mass is 19.4. The largest absolute Gasteiger partial charge is 0.416 e. The molecule has 0 aliphatic carbocycles. The maximum Gasteiger partial charge on any atom is 0.416 e. The van der Waals surface area contributed by atoms with Crippen LogP contribution in [0.25, 0.3) is 5.69 Å². The number of hydrogen-bond acceptors (Lipinski definition) is 3. The van der Waals surface area contributed by atoms with Crippen molar-refractivity contribution in [1.29, 1.82) is 5.26 Å². The van der Waals surface area contributed by atoms with E-state index in [0.717, 1.165) is 35.0 Å². The predicted octanol–water partition coefficient (Wildman–Crippen LogP) is 1.42. The molecule has 20 heavy (non-hydrogen) atoms. The Morgan fingerprint density at radius 2 is 1.75 bits per heavy atom. The monoisotopic (exact) mass is 281 g/mol. The fourth-order valence-corrected chi connectivity index (χ4v) is 1.55. The number of aromatic amines is 1. The molecule has 1 aromatic heterocycles. The van der Waals surface area contributed by atoms with Crippen molar-refractivity contribution >= 4 is 0 Å². The minimum atomic E-state index is -4.48. The Kier molecular flexibility index (Phi) is 3.19. The quantitative estimate of drug-likeness (QED) is 0.858. The molecule has 0 aliphatic heterocycles. The van der Waals surface area contributed by atoms with Gasteiger partial charge in [-0.05, 0) is 24.3 Å². The molecular formula is C12H6F3N3O2. The molecule has 0 amide bonds. The first-order valence-electron chi connectivity index (χ1n) is 5.26. The smallest absolute Gasteiger partial charge is 0.273 e. The Hall–Kier alpha value is -2.82. The number of alkyl halides is 3. The lowest BCUT2D eigenvalue weighted by molar-refractivity contribution is -0.137. The van der Waals surface area contributed by atoms with Gasteiger partial charge in [-0.1, -0.05) is 0 Å². The van der Waals surface area contributed by atoms with Crippen molar-refractivity contribution in [3.05, 3.63) is 62.4 Å². The van der Waals surface area contributed by atoms with Crippen LogP contribution in [0.1, 0.15) is 11.1 Å². The van der Waals surface area contributed by atoms with E-state index in [0.29, 0.717) is 0 Å². The lowest BCUT2D eigenvalue weighted by atomic mass is 10.2. The molecule has 0 bridgehead atoms. The molecule has 0 spiro atoms. The third-order valence-corrected chi connectivity index (χ3v) is 2.54. The maximum absolute atomic E-state index is 12.4. The van der Waals surface area contributed by atoms with Crippen molar-refractivity contribution in [2.75, 3.05) is 0 Å². The molecule has 0 aliphatic rings. The van der Waals surface area contributed by atoms with Gasteiger partial charge in [0.15, 0.2) is 0 Å². The first-order valence-corrected chi connectivity index (χ1v) is 5.26. The number of aromatic nitrogens is 2. The molecule has 1 aromatic carbocycles. The van der Waals surface area contributed by atoms with Gasteiger partial charge in [0.2, 0.25) is 0 Å². The molecule has 2 rings (SSSR count). The molecule has 1 heterocycles. The zero-order valence-corrected chi connectivity index (χ0v) is 9.73.